The zero-order chi connectivity index (χ0) is 18.8. The van der Waals surface area contributed by atoms with Crippen molar-refractivity contribution in [2.75, 3.05) is 24.5 Å². The third-order valence-electron chi connectivity index (χ3n) is 5.12. The van der Waals surface area contributed by atoms with Crippen LogP contribution < -0.4 is 4.90 Å². The van der Waals surface area contributed by atoms with Crippen molar-refractivity contribution in [2.45, 2.75) is 19.9 Å². The number of hydrogen-bond acceptors (Lipinski definition) is 4. The van der Waals surface area contributed by atoms with Gasteiger partial charge in [-0.3, -0.25) is 9.36 Å². The molecule has 2 heterocycles. The lowest BCUT2D eigenvalue weighted by Crippen LogP contribution is -2.54. The van der Waals surface area contributed by atoms with Crippen molar-refractivity contribution in [3.8, 4) is 5.69 Å². The number of carbonyl (C=O) groups is 1. The zero-order valence-electron chi connectivity index (χ0n) is 15.6. The average molecular weight is 361 g/mol. The van der Waals surface area contributed by atoms with Crippen LogP contribution in [0.2, 0.25) is 0 Å². The van der Waals surface area contributed by atoms with Crippen molar-refractivity contribution in [1.29, 1.82) is 0 Å². The summed E-state index contributed by atoms with van der Waals surface area (Å²) in [6.45, 7) is 6.62. The lowest BCUT2D eigenvalue weighted by molar-refractivity contribution is 0.0674. The number of carbonyl (C=O) groups excluding carboxylic acids is 1. The molecule has 0 radical (unpaired) electrons. The molecule has 6 heteroatoms. The Morgan fingerprint density at radius 2 is 1.56 bits per heavy atom. The van der Waals surface area contributed by atoms with Gasteiger partial charge in [-0.2, -0.15) is 0 Å². The molecule has 4 rings (SSSR count). The van der Waals surface area contributed by atoms with Crippen LogP contribution in [0.5, 0.6) is 0 Å². The summed E-state index contributed by atoms with van der Waals surface area (Å²) in [5, 5.41) is 7.62. The summed E-state index contributed by atoms with van der Waals surface area (Å²) >= 11 is 0. The first-order valence-electron chi connectivity index (χ1n) is 9.19. The van der Waals surface area contributed by atoms with Crippen molar-refractivity contribution in [1.82, 2.24) is 19.7 Å². The SMILES string of the molecule is Cc1ccc(N2CCN(C(=O)c3ccc(-n4cnnc4)cc3)[C@H](C)C2)cc1. The molecule has 1 aromatic heterocycles. The molecule has 0 spiro atoms. The van der Waals surface area contributed by atoms with E-state index < -0.39 is 0 Å². The molecule has 0 saturated carbocycles. The van der Waals surface area contributed by atoms with Crippen molar-refractivity contribution in [3.05, 3.63) is 72.3 Å². The molecule has 6 nitrogen and oxygen atoms in total. The lowest BCUT2D eigenvalue weighted by atomic mass is 10.1. The largest absolute Gasteiger partial charge is 0.368 e. The van der Waals surface area contributed by atoms with Gasteiger partial charge in [0.2, 0.25) is 0 Å². The molecule has 3 aromatic rings. The highest BCUT2D eigenvalue weighted by Gasteiger charge is 2.28. The minimum Gasteiger partial charge on any atom is -0.368 e. The van der Waals surface area contributed by atoms with Gasteiger partial charge in [0.25, 0.3) is 5.91 Å². The predicted octanol–water partition coefficient (Wildman–Crippen LogP) is 2.93. The first kappa shape index (κ1) is 17.3. The summed E-state index contributed by atoms with van der Waals surface area (Å²) < 4.78 is 1.82. The third-order valence-corrected chi connectivity index (χ3v) is 5.12. The van der Waals surface area contributed by atoms with Gasteiger partial charge in [-0.25, -0.2) is 0 Å². The Kier molecular flexibility index (Phi) is 4.62. The average Bonchev–Trinajstić information content (AvgIpc) is 3.23. The van der Waals surface area contributed by atoms with E-state index >= 15 is 0 Å². The maximum atomic E-state index is 13.0. The Morgan fingerprint density at radius 3 is 2.19 bits per heavy atom. The summed E-state index contributed by atoms with van der Waals surface area (Å²) in [5.41, 5.74) is 4.13. The van der Waals surface area contributed by atoms with Crippen LogP contribution in [0, 0.1) is 6.92 Å². The standard InChI is InChI=1S/C21H23N5O/c1-16-3-7-19(8-4-16)24-11-12-26(17(2)13-24)21(27)18-5-9-20(10-6-18)25-14-22-23-15-25/h3-10,14-15,17H,11-13H2,1-2H3/t17-/m1/s1. The van der Waals surface area contributed by atoms with Gasteiger partial charge in [-0.15, -0.1) is 10.2 Å². The highest BCUT2D eigenvalue weighted by atomic mass is 16.2. The molecule has 2 aromatic carbocycles. The van der Waals surface area contributed by atoms with E-state index in [2.05, 4.69) is 53.2 Å². The maximum absolute atomic E-state index is 13.0. The van der Waals surface area contributed by atoms with Crippen LogP contribution in [0.1, 0.15) is 22.8 Å². The number of amides is 1. The minimum absolute atomic E-state index is 0.0846. The molecule has 1 amide bonds. The number of benzene rings is 2. The Balaban J connectivity index is 1.44. The van der Waals surface area contributed by atoms with E-state index in [9.17, 15) is 4.79 Å². The van der Waals surface area contributed by atoms with Gasteiger partial charge in [0.15, 0.2) is 0 Å². The molecule has 1 atom stereocenters. The number of aryl methyl sites for hydroxylation is 1. The van der Waals surface area contributed by atoms with Crippen LogP contribution in [0.4, 0.5) is 5.69 Å². The monoisotopic (exact) mass is 361 g/mol. The summed E-state index contributed by atoms with van der Waals surface area (Å²) in [5.74, 6) is 0.0846. The summed E-state index contributed by atoms with van der Waals surface area (Å²) in [6, 6.07) is 16.3. The Morgan fingerprint density at radius 1 is 0.926 bits per heavy atom. The number of anilines is 1. The first-order valence-corrected chi connectivity index (χ1v) is 9.19. The molecule has 1 fully saturated rings. The van der Waals surface area contributed by atoms with Crippen LogP contribution in [0.25, 0.3) is 5.69 Å². The second-order valence-electron chi connectivity index (χ2n) is 7.05. The van der Waals surface area contributed by atoms with Crippen molar-refractivity contribution in [3.63, 3.8) is 0 Å². The zero-order valence-corrected chi connectivity index (χ0v) is 15.6. The highest BCUT2D eigenvalue weighted by Crippen LogP contribution is 2.21. The van der Waals surface area contributed by atoms with E-state index in [0.29, 0.717) is 5.56 Å². The fourth-order valence-corrected chi connectivity index (χ4v) is 3.53. The normalized spacial score (nSPS) is 17.2. The second-order valence-corrected chi connectivity index (χ2v) is 7.05. The third kappa shape index (κ3) is 3.56. The molecule has 0 N–H and O–H groups in total. The molecule has 1 saturated heterocycles. The van der Waals surface area contributed by atoms with E-state index in [-0.39, 0.29) is 11.9 Å². The predicted molar refractivity (Wildman–Crippen MR) is 105 cm³/mol. The van der Waals surface area contributed by atoms with Gasteiger partial charge in [0.1, 0.15) is 12.7 Å². The molecule has 27 heavy (non-hydrogen) atoms. The fraction of sp³-hybridized carbons (Fsp3) is 0.286. The summed E-state index contributed by atoms with van der Waals surface area (Å²) in [7, 11) is 0. The van der Waals surface area contributed by atoms with Crippen LogP contribution in [-0.4, -0.2) is 51.2 Å². The molecule has 0 aliphatic carbocycles. The van der Waals surface area contributed by atoms with Crippen molar-refractivity contribution >= 4 is 11.6 Å². The summed E-state index contributed by atoms with van der Waals surface area (Å²) in [4.78, 5) is 17.3. The van der Waals surface area contributed by atoms with Gasteiger partial charge in [0.05, 0.1) is 0 Å². The Bertz CT molecular complexity index is 903. The number of aromatic nitrogens is 3. The van der Waals surface area contributed by atoms with Gasteiger partial charge >= 0.3 is 0 Å². The maximum Gasteiger partial charge on any atom is 0.254 e. The quantitative estimate of drug-likeness (QED) is 0.720. The van der Waals surface area contributed by atoms with Crippen molar-refractivity contribution in [2.24, 2.45) is 0 Å². The second kappa shape index (κ2) is 7.23. The lowest BCUT2D eigenvalue weighted by Gasteiger charge is -2.41. The number of hydrogen-bond donors (Lipinski definition) is 0. The first-order chi connectivity index (χ1) is 13.1. The van der Waals surface area contributed by atoms with Crippen molar-refractivity contribution < 1.29 is 4.79 Å². The minimum atomic E-state index is 0.0846. The number of piperazine rings is 1. The molecule has 1 aliphatic heterocycles. The smallest absolute Gasteiger partial charge is 0.254 e. The Hall–Kier alpha value is -3.15. The molecule has 0 bridgehead atoms. The van der Waals surface area contributed by atoms with E-state index in [1.807, 2.05) is 33.7 Å². The van der Waals surface area contributed by atoms with E-state index in [4.69, 9.17) is 0 Å². The van der Waals surface area contributed by atoms with Gasteiger partial charge in [0, 0.05) is 42.6 Å². The van der Waals surface area contributed by atoms with Gasteiger partial charge < -0.3 is 9.80 Å². The van der Waals surface area contributed by atoms with Crippen LogP contribution in [-0.2, 0) is 0 Å². The Labute approximate surface area is 159 Å². The van der Waals surface area contributed by atoms with Crippen LogP contribution in [0.3, 0.4) is 0 Å². The fourth-order valence-electron chi connectivity index (χ4n) is 3.53. The van der Waals surface area contributed by atoms with Crippen LogP contribution >= 0.6 is 0 Å². The molecular weight excluding hydrogens is 338 g/mol. The van der Waals surface area contributed by atoms with Gasteiger partial charge in [-0.05, 0) is 50.2 Å². The molecule has 138 valence electrons. The van der Waals surface area contributed by atoms with E-state index in [1.165, 1.54) is 11.3 Å². The van der Waals surface area contributed by atoms with Gasteiger partial charge in [-0.1, -0.05) is 17.7 Å². The topological polar surface area (TPSA) is 54.3 Å². The van der Waals surface area contributed by atoms with E-state index in [1.54, 1.807) is 12.7 Å². The van der Waals surface area contributed by atoms with E-state index in [0.717, 1.165) is 25.3 Å². The molecule has 0 unspecified atom stereocenters. The highest BCUT2D eigenvalue weighted by molar-refractivity contribution is 5.94. The summed E-state index contributed by atoms with van der Waals surface area (Å²) in [6.07, 6.45) is 3.28. The van der Waals surface area contributed by atoms with Crippen LogP contribution in [0.15, 0.2) is 61.2 Å². The number of nitrogens with zero attached hydrogens (tertiary/aromatic N) is 5. The number of rotatable bonds is 3. The molecule has 1 aliphatic rings. The molecular formula is C21H23N5O.